The Labute approximate surface area is 152 Å². The lowest BCUT2D eigenvalue weighted by molar-refractivity contribution is -0.385. The number of hydrogen-bond donors (Lipinski definition) is 1. The zero-order valence-corrected chi connectivity index (χ0v) is 14.8. The minimum atomic E-state index is -0.335. The summed E-state index contributed by atoms with van der Waals surface area (Å²) >= 11 is 0. The molecule has 1 N–H and O–H groups in total. The number of rotatable bonds is 8. The van der Waals surface area contributed by atoms with Crippen molar-refractivity contribution in [1.29, 1.82) is 0 Å². The summed E-state index contributed by atoms with van der Waals surface area (Å²) in [5.74, 6) is 0. The highest BCUT2D eigenvalue weighted by Gasteiger charge is 2.11. The van der Waals surface area contributed by atoms with E-state index in [-0.39, 0.29) is 10.6 Å². The van der Waals surface area contributed by atoms with Gasteiger partial charge in [0.15, 0.2) is 0 Å². The molecule has 2 aromatic carbocycles. The molecule has 1 heterocycles. The molecule has 3 rings (SSSR count). The summed E-state index contributed by atoms with van der Waals surface area (Å²) in [5, 5.41) is 18.9. The van der Waals surface area contributed by atoms with Crippen LogP contribution in [0.3, 0.4) is 0 Å². The molecule has 0 saturated carbocycles. The molecule has 0 unspecified atom stereocenters. The largest absolute Gasteiger partial charge is 0.312 e. The van der Waals surface area contributed by atoms with Gasteiger partial charge in [-0.05, 0) is 44.0 Å². The molecule has 0 bridgehead atoms. The highest BCUT2D eigenvalue weighted by Crippen LogP contribution is 2.17. The molecule has 26 heavy (non-hydrogen) atoms. The number of nitrogens with zero attached hydrogens (tertiary/aromatic N) is 3. The first-order valence-electron chi connectivity index (χ1n) is 8.69. The van der Waals surface area contributed by atoms with Crippen LogP contribution < -0.4 is 5.32 Å². The smallest absolute Gasteiger partial charge is 0.273 e. The standard InChI is InChI=1S/C20H22N4O2/c1-16-18(15-23(22-16)19-10-3-2-4-11-19)9-7-13-21-14-17-8-5-6-12-20(17)24(25)26/h2-6,8,10-12,15,21H,7,9,13-14H2,1H3. The molecule has 6 nitrogen and oxygen atoms in total. The normalized spacial score (nSPS) is 10.8. The number of hydrogen-bond acceptors (Lipinski definition) is 4. The SMILES string of the molecule is Cc1nn(-c2ccccc2)cc1CCCNCc1ccccc1[N+](=O)[O-]. The lowest BCUT2D eigenvalue weighted by Crippen LogP contribution is -2.16. The monoisotopic (exact) mass is 350 g/mol. The van der Waals surface area contributed by atoms with E-state index in [9.17, 15) is 10.1 Å². The second kappa shape index (κ2) is 8.40. The maximum absolute atomic E-state index is 11.0. The molecule has 3 aromatic rings. The third-order valence-corrected chi connectivity index (χ3v) is 4.32. The molecule has 0 spiro atoms. The minimum absolute atomic E-state index is 0.167. The molecule has 0 aliphatic carbocycles. The Morgan fingerprint density at radius 1 is 1.08 bits per heavy atom. The molecule has 0 aliphatic rings. The van der Waals surface area contributed by atoms with Gasteiger partial charge >= 0.3 is 0 Å². The van der Waals surface area contributed by atoms with Crippen LogP contribution in [0.2, 0.25) is 0 Å². The van der Waals surface area contributed by atoms with Gasteiger partial charge in [0.2, 0.25) is 0 Å². The van der Waals surface area contributed by atoms with Crippen molar-refractivity contribution >= 4 is 5.69 Å². The highest BCUT2D eigenvalue weighted by molar-refractivity contribution is 5.39. The summed E-state index contributed by atoms with van der Waals surface area (Å²) in [7, 11) is 0. The average Bonchev–Trinajstić information content (AvgIpc) is 3.03. The van der Waals surface area contributed by atoms with Crippen molar-refractivity contribution in [3.63, 3.8) is 0 Å². The molecular formula is C20H22N4O2. The van der Waals surface area contributed by atoms with Gasteiger partial charge in [0.25, 0.3) is 5.69 Å². The second-order valence-corrected chi connectivity index (χ2v) is 6.19. The van der Waals surface area contributed by atoms with E-state index in [1.807, 2.05) is 48.0 Å². The number of benzene rings is 2. The van der Waals surface area contributed by atoms with Crippen LogP contribution in [0, 0.1) is 17.0 Å². The second-order valence-electron chi connectivity index (χ2n) is 6.19. The summed E-state index contributed by atoms with van der Waals surface area (Å²) < 4.78 is 1.91. The van der Waals surface area contributed by atoms with Gasteiger partial charge in [-0.1, -0.05) is 36.4 Å². The van der Waals surface area contributed by atoms with E-state index in [1.54, 1.807) is 18.2 Å². The number of nitro groups is 1. The summed E-state index contributed by atoms with van der Waals surface area (Å²) in [4.78, 5) is 10.7. The highest BCUT2D eigenvalue weighted by atomic mass is 16.6. The predicted octanol–water partition coefficient (Wildman–Crippen LogP) is 3.81. The van der Waals surface area contributed by atoms with Crippen molar-refractivity contribution in [2.45, 2.75) is 26.3 Å². The van der Waals surface area contributed by atoms with Gasteiger partial charge in [0.05, 0.1) is 16.3 Å². The van der Waals surface area contributed by atoms with Crippen LogP contribution in [0.25, 0.3) is 5.69 Å². The van der Waals surface area contributed by atoms with Crippen molar-refractivity contribution in [3.8, 4) is 5.69 Å². The Morgan fingerprint density at radius 2 is 1.81 bits per heavy atom. The Kier molecular flexibility index (Phi) is 5.76. The van der Waals surface area contributed by atoms with Crippen LogP contribution in [0.5, 0.6) is 0 Å². The van der Waals surface area contributed by atoms with E-state index in [0.717, 1.165) is 30.8 Å². The zero-order chi connectivity index (χ0) is 18.4. The predicted molar refractivity (Wildman–Crippen MR) is 101 cm³/mol. The third-order valence-electron chi connectivity index (χ3n) is 4.32. The van der Waals surface area contributed by atoms with Crippen LogP contribution in [0.15, 0.2) is 60.8 Å². The molecule has 6 heteroatoms. The van der Waals surface area contributed by atoms with Crippen molar-refractivity contribution < 1.29 is 4.92 Å². The quantitative estimate of drug-likeness (QED) is 0.381. The topological polar surface area (TPSA) is 73.0 Å². The zero-order valence-electron chi connectivity index (χ0n) is 14.8. The fraction of sp³-hybridized carbons (Fsp3) is 0.250. The Balaban J connectivity index is 1.50. The van der Waals surface area contributed by atoms with Crippen LogP contribution in [0.1, 0.15) is 23.2 Å². The van der Waals surface area contributed by atoms with Crippen LogP contribution in [-0.4, -0.2) is 21.2 Å². The van der Waals surface area contributed by atoms with Gasteiger partial charge in [0.1, 0.15) is 0 Å². The molecule has 0 amide bonds. The van der Waals surface area contributed by atoms with Crippen molar-refractivity contribution in [2.75, 3.05) is 6.54 Å². The van der Waals surface area contributed by atoms with Crippen LogP contribution >= 0.6 is 0 Å². The van der Waals surface area contributed by atoms with E-state index in [0.29, 0.717) is 12.1 Å². The number of aromatic nitrogens is 2. The fourth-order valence-electron chi connectivity index (χ4n) is 2.92. The van der Waals surface area contributed by atoms with Crippen molar-refractivity contribution in [1.82, 2.24) is 15.1 Å². The van der Waals surface area contributed by atoms with E-state index in [2.05, 4.69) is 16.6 Å². The van der Waals surface area contributed by atoms with E-state index in [1.165, 1.54) is 5.56 Å². The molecule has 1 aromatic heterocycles. The maximum atomic E-state index is 11.0. The van der Waals surface area contributed by atoms with E-state index >= 15 is 0 Å². The Bertz CT molecular complexity index is 875. The first-order valence-corrected chi connectivity index (χ1v) is 8.69. The van der Waals surface area contributed by atoms with E-state index < -0.39 is 0 Å². The van der Waals surface area contributed by atoms with Gasteiger partial charge in [-0.25, -0.2) is 4.68 Å². The minimum Gasteiger partial charge on any atom is -0.312 e. The van der Waals surface area contributed by atoms with Gasteiger partial charge in [-0.15, -0.1) is 0 Å². The van der Waals surface area contributed by atoms with E-state index in [4.69, 9.17) is 0 Å². The summed E-state index contributed by atoms with van der Waals surface area (Å²) in [5.41, 5.74) is 4.19. The Hall–Kier alpha value is -2.99. The summed E-state index contributed by atoms with van der Waals surface area (Å²) in [6, 6.07) is 16.9. The molecular weight excluding hydrogens is 328 g/mol. The van der Waals surface area contributed by atoms with Gasteiger partial charge in [0, 0.05) is 24.4 Å². The lowest BCUT2D eigenvalue weighted by atomic mass is 10.1. The molecule has 0 saturated heterocycles. The molecule has 0 radical (unpaired) electrons. The molecule has 0 atom stereocenters. The van der Waals surface area contributed by atoms with Crippen LogP contribution in [-0.2, 0) is 13.0 Å². The number of para-hydroxylation sites is 2. The first-order chi connectivity index (χ1) is 12.6. The molecule has 0 aliphatic heterocycles. The summed E-state index contributed by atoms with van der Waals surface area (Å²) in [6.07, 6.45) is 3.94. The molecule has 0 fully saturated rings. The molecule has 134 valence electrons. The third kappa shape index (κ3) is 4.34. The van der Waals surface area contributed by atoms with Crippen LogP contribution in [0.4, 0.5) is 5.69 Å². The number of nitro benzene ring substituents is 1. The average molecular weight is 350 g/mol. The number of nitrogens with one attached hydrogen (secondary N) is 1. The van der Waals surface area contributed by atoms with Gasteiger partial charge in [-0.3, -0.25) is 10.1 Å². The van der Waals surface area contributed by atoms with Crippen molar-refractivity contribution in [3.05, 3.63) is 87.7 Å². The fourth-order valence-corrected chi connectivity index (χ4v) is 2.92. The lowest BCUT2D eigenvalue weighted by Gasteiger charge is -2.05. The number of aryl methyl sites for hydroxylation is 2. The summed E-state index contributed by atoms with van der Waals surface area (Å²) in [6.45, 7) is 3.32. The van der Waals surface area contributed by atoms with Crippen molar-refractivity contribution in [2.24, 2.45) is 0 Å². The van der Waals surface area contributed by atoms with Gasteiger partial charge in [-0.2, -0.15) is 5.10 Å². The van der Waals surface area contributed by atoms with Gasteiger partial charge < -0.3 is 5.32 Å². The maximum Gasteiger partial charge on any atom is 0.273 e. The Morgan fingerprint density at radius 3 is 2.58 bits per heavy atom. The first kappa shape index (κ1) is 17.8.